The molecular weight excluding hydrogens is 280 g/mol. The highest BCUT2D eigenvalue weighted by atomic mass is 35.7. The van der Waals surface area contributed by atoms with E-state index in [-0.39, 0.29) is 5.50 Å². The molecule has 0 saturated carbocycles. The molecule has 0 spiro atoms. The van der Waals surface area contributed by atoms with E-state index in [9.17, 15) is 14.0 Å². The largest absolute Gasteiger partial charge is 0.308 e. The predicted molar refractivity (Wildman–Crippen MR) is 61.0 cm³/mol. The van der Waals surface area contributed by atoms with Crippen LogP contribution in [0.15, 0.2) is 24.3 Å². The van der Waals surface area contributed by atoms with Crippen molar-refractivity contribution in [1.82, 2.24) is 4.65 Å². The normalized spacial score (nSPS) is 27.4. The fourth-order valence-corrected chi connectivity index (χ4v) is 3.85. The molecular formula is C10H14ClN2O4S+. The Morgan fingerprint density at radius 2 is 1.94 bits per heavy atom. The monoisotopic (exact) mass is 293 g/mol. The number of fused-ring (bicyclic) bond motifs is 1. The molecule has 1 aliphatic rings. The van der Waals surface area contributed by atoms with E-state index in [0.717, 1.165) is 5.69 Å². The van der Waals surface area contributed by atoms with E-state index in [2.05, 4.69) is 0 Å². The summed E-state index contributed by atoms with van der Waals surface area (Å²) in [4.78, 5) is 1.89. The van der Waals surface area contributed by atoms with Crippen molar-refractivity contribution in [2.24, 2.45) is 0 Å². The van der Waals surface area contributed by atoms with Crippen LogP contribution in [0.5, 0.6) is 0 Å². The van der Waals surface area contributed by atoms with Gasteiger partial charge in [-0.25, -0.2) is 0 Å². The highest BCUT2D eigenvalue weighted by Gasteiger charge is 2.58. The first-order chi connectivity index (χ1) is 8.29. The van der Waals surface area contributed by atoms with Gasteiger partial charge in [-0.05, 0) is 12.3 Å². The van der Waals surface area contributed by atoms with Crippen molar-refractivity contribution >= 4 is 23.1 Å². The lowest BCUT2D eigenvalue weighted by Crippen LogP contribution is -2.69. The van der Waals surface area contributed by atoms with Crippen LogP contribution in [0.2, 0.25) is 0 Å². The number of nitrogens with zero attached hydrogens (tertiary/aromatic N) is 2. The fraction of sp³-hybridized carbons (Fsp3) is 0.400. The molecule has 6 nitrogen and oxygen atoms in total. The second-order valence-corrected chi connectivity index (χ2v) is 5.89. The molecule has 0 N–H and O–H groups in total. The molecule has 18 heavy (non-hydrogen) atoms. The summed E-state index contributed by atoms with van der Waals surface area (Å²) >= 11 is 1.41. The minimum absolute atomic E-state index is 0.335. The Hall–Kier alpha value is -0.540. The summed E-state index contributed by atoms with van der Waals surface area (Å²) in [6.07, 6.45) is 1.83. The summed E-state index contributed by atoms with van der Waals surface area (Å²) in [7, 11) is -1.11. The molecule has 0 fully saturated rings. The van der Waals surface area contributed by atoms with Crippen LogP contribution in [0.3, 0.4) is 0 Å². The highest BCUT2D eigenvalue weighted by molar-refractivity contribution is 7.99. The number of benzene rings is 1. The molecule has 2 rings (SSSR count). The summed E-state index contributed by atoms with van der Waals surface area (Å²) in [6, 6.07) is 7.25. The number of hydroxylamine groups is 2. The van der Waals surface area contributed by atoms with Gasteiger partial charge < -0.3 is 4.90 Å². The zero-order valence-corrected chi connectivity index (χ0v) is 11.8. The molecule has 1 aromatic carbocycles. The number of thioether (sulfide) groups is 1. The van der Waals surface area contributed by atoms with Gasteiger partial charge in [-0.15, -0.1) is 0 Å². The number of anilines is 1. The zero-order valence-electron chi connectivity index (χ0n) is 10.2. The summed E-state index contributed by atoms with van der Waals surface area (Å²) in [5, 5.41) is 0. The summed E-state index contributed by atoms with van der Waals surface area (Å²) < 4.78 is 37.1. The maximum absolute atomic E-state index is 10.9. The van der Waals surface area contributed by atoms with Gasteiger partial charge in [0.15, 0.2) is 0 Å². The molecule has 1 aliphatic heterocycles. The van der Waals surface area contributed by atoms with Gasteiger partial charge in [-0.3, -0.25) is 0 Å². The van der Waals surface area contributed by atoms with Crippen LogP contribution >= 0.6 is 11.8 Å². The lowest BCUT2D eigenvalue weighted by molar-refractivity contribution is -1.92. The van der Waals surface area contributed by atoms with Crippen molar-refractivity contribution in [2.45, 2.75) is 5.50 Å². The maximum Gasteiger partial charge on any atom is 0.277 e. The van der Waals surface area contributed by atoms with Gasteiger partial charge in [0.1, 0.15) is 23.0 Å². The molecule has 0 aromatic heterocycles. The zero-order chi connectivity index (χ0) is 13.6. The van der Waals surface area contributed by atoms with Crippen molar-refractivity contribution in [3.05, 3.63) is 24.3 Å². The van der Waals surface area contributed by atoms with Gasteiger partial charge in [0, 0.05) is 17.8 Å². The van der Waals surface area contributed by atoms with Crippen LogP contribution in [-0.4, -0.2) is 25.8 Å². The third-order valence-corrected chi connectivity index (χ3v) is 4.53. The van der Waals surface area contributed by atoms with E-state index in [1.807, 2.05) is 30.3 Å². The SMILES string of the molecule is CSC1N(C)c2ccccc2[N+]1(C)O[Cl+3]([O-])([O-])[O-]. The van der Waals surface area contributed by atoms with Crippen LogP contribution in [0.25, 0.3) is 0 Å². The number of halogens is 1. The summed E-state index contributed by atoms with van der Waals surface area (Å²) in [5.74, 6) is 0. The van der Waals surface area contributed by atoms with Gasteiger partial charge in [-0.2, -0.15) is 14.0 Å². The molecule has 2 unspecified atom stereocenters. The number of hydrogen-bond donors (Lipinski definition) is 0. The Morgan fingerprint density at radius 3 is 2.50 bits per heavy atom. The first kappa shape index (κ1) is 13.9. The van der Waals surface area contributed by atoms with Gasteiger partial charge in [0.2, 0.25) is 5.69 Å². The second-order valence-electron chi connectivity index (χ2n) is 4.10. The molecule has 0 saturated heterocycles. The van der Waals surface area contributed by atoms with E-state index in [1.54, 1.807) is 19.2 Å². The van der Waals surface area contributed by atoms with Crippen molar-refractivity contribution in [2.75, 3.05) is 25.3 Å². The summed E-state index contributed by atoms with van der Waals surface area (Å²) in [5.41, 5.74) is 1.16. The molecule has 0 aliphatic carbocycles. The van der Waals surface area contributed by atoms with E-state index >= 15 is 0 Å². The maximum atomic E-state index is 10.9. The lowest BCUT2D eigenvalue weighted by atomic mass is 10.2. The average molecular weight is 294 g/mol. The third-order valence-electron chi connectivity index (χ3n) is 2.93. The molecule has 8 heteroatoms. The minimum Gasteiger partial charge on any atom is -0.308 e. The Morgan fingerprint density at radius 1 is 1.33 bits per heavy atom. The van der Waals surface area contributed by atoms with Crippen LogP contribution < -0.4 is 23.5 Å². The smallest absolute Gasteiger partial charge is 0.277 e. The van der Waals surface area contributed by atoms with Gasteiger partial charge in [0.25, 0.3) is 9.89 Å². The number of hydrogen-bond acceptors (Lipinski definition) is 6. The fourth-order valence-electron chi connectivity index (χ4n) is 2.31. The number of rotatable bonds is 3. The Balaban J connectivity index is 2.50. The molecule has 0 amide bonds. The van der Waals surface area contributed by atoms with Crippen LogP contribution in [0.4, 0.5) is 11.4 Å². The average Bonchev–Trinajstić information content (AvgIpc) is 2.46. The van der Waals surface area contributed by atoms with E-state index < -0.39 is 14.9 Å². The molecule has 1 heterocycles. The first-order valence-corrected chi connectivity index (χ1v) is 7.65. The van der Waals surface area contributed by atoms with Gasteiger partial charge in [0.05, 0.1) is 0 Å². The molecule has 0 bridgehead atoms. The molecule has 0 radical (unpaired) electrons. The second kappa shape index (κ2) is 4.53. The number of para-hydroxylation sites is 2. The van der Waals surface area contributed by atoms with Crippen LogP contribution in [-0.2, 0) is 4.39 Å². The molecule has 100 valence electrons. The lowest BCUT2D eigenvalue weighted by Gasteiger charge is -2.28. The topological polar surface area (TPSA) is 81.7 Å². The Bertz CT molecular complexity index is 456. The van der Waals surface area contributed by atoms with Crippen molar-refractivity contribution in [1.29, 1.82) is 0 Å². The highest BCUT2D eigenvalue weighted by Crippen LogP contribution is 2.46. The quantitative estimate of drug-likeness (QED) is 0.634. The molecule has 1 aromatic rings. The van der Waals surface area contributed by atoms with E-state index in [1.165, 1.54) is 11.8 Å². The van der Waals surface area contributed by atoms with Crippen LogP contribution in [0, 0.1) is 10.2 Å². The van der Waals surface area contributed by atoms with Gasteiger partial charge in [-0.1, -0.05) is 23.9 Å². The molecule has 2 atom stereocenters. The van der Waals surface area contributed by atoms with Gasteiger partial charge >= 0.3 is 0 Å². The Labute approximate surface area is 112 Å². The first-order valence-electron chi connectivity index (χ1n) is 5.13. The standard InChI is InChI=1S/C10H14ClN2O4S/c1-12-8-6-4-5-7-9(8)13(2,10(12)18-3)17-11(14,15)16/h4-7,10H,1-3H3/q+1. The van der Waals surface area contributed by atoms with E-state index in [0.29, 0.717) is 5.69 Å². The summed E-state index contributed by atoms with van der Waals surface area (Å²) in [6.45, 7) is 0. The predicted octanol–water partition coefficient (Wildman–Crippen LogP) is -1.45. The van der Waals surface area contributed by atoms with Crippen molar-refractivity contribution in [3.63, 3.8) is 0 Å². The minimum atomic E-state index is -4.51. The Kier molecular flexibility index (Phi) is 3.50. The van der Waals surface area contributed by atoms with Crippen LogP contribution in [0.1, 0.15) is 0 Å². The van der Waals surface area contributed by atoms with Crippen molar-refractivity contribution in [3.8, 4) is 0 Å². The third kappa shape index (κ3) is 2.19. The number of quaternary nitrogens is 1. The van der Waals surface area contributed by atoms with E-state index in [4.69, 9.17) is 4.39 Å². The van der Waals surface area contributed by atoms with Crippen molar-refractivity contribution < 1.29 is 28.6 Å².